The number of carbonyl (C=O) groups is 1. The Kier molecular flexibility index (Phi) is 4.85. The van der Waals surface area contributed by atoms with Crippen LogP contribution >= 0.6 is 11.6 Å². The molecule has 0 saturated carbocycles. The highest BCUT2D eigenvalue weighted by atomic mass is 35.5. The minimum Gasteiger partial charge on any atom is -0.492 e. The van der Waals surface area contributed by atoms with Crippen molar-refractivity contribution in [1.29, 1.82) is 0 Å². The maximum atomic E-state index is 10.7. The van der Waals surface area contributed by atoms with Crippen LogP contribution in [0.15, 0.2) is 48.5 Å². The molecule has 0 aromatic heterocycles. The van der Waals surface area contributed by atoms with Gasteiger partial charge in [-0.15, -0.1) is 0 Å². The van der Waals surface area contributed by atoms with Gasteiger partial charge in [-0.3, -0.25) is 0 Å². The molecule has 0 aliphatic carbocycles. The average Bonchev–Trinajstić information content (AvgIpc) is 2.46. The molecule has 0 radical (unpaired) electrons. The van der Waals surface area contributed by atoms with E-state index in [1.165, 1.54) is 12.1 Å². The van der Waals surface area contributed by atoms with E-state index in [0.717, 1.165) is 5.69 Å². The van der Waals surface area contributed by atoms with E-state index in [1.807, 2.05) is 24.3 Å². The minimum absolute atomic E-state index is 0.242. The quantitative estimate of drug-likeness (QED) is 0.799. The first-order valence-corrected chi connectivity index (χ1v) is 6.49. The van der Waals surface area contributed by atoms with E-state index in [-0.39, 0.29) is 5.56 Å². The molecule has 0 saturated heterocycles. The van der Waals surface area contributed by atoms with Crippen molar-refractivity contribution in [3.63, 3.8) is 0 Å². The molecule has 2 aromatic carbocycles. The van der Waals surface area contributed by atoms with Crippen LogP contribution in [0.5, 0.6) is 5.75 Å². The van der Waals surface area contributed by atoms with E-state index in [0.29, 0.717) is 23.9 Å². The summed E-state index contributed by atoms with van der Waals surface area (Å²) in [6, 6.07) is 13.8. The number of para-hydroxylation sites is 1. The monoisotopic (exact) mass is 291 g/mol. The van der Waals surface area contributed by atoms with E-state index < -0.39 is 5.97 Å². The smallest absolute Gasteiger partial charge is 0.335 e. The van der Waals surface area contributed by atoms with Crippen LogP contribution in [-0.2, 0) is 0 Å². The highest BCUT2D eigenvalue weighted by Crippen LogP contribution is 2.20. The van der Waals surface area contributed by atoms with Crippen molar-refractivity contribution in [2.75, 3.05) is 18.5 Å². The molecule has 104 valence electrons. The third-order valence-electron chi connectivity index (χ3n) is 2.66. The van der Waals surface area contributed by atoms with Crippen molar-refractivity contribution >= 4 is 23.3 Å². The Morgan fingerprint density at radius 3 is 2.50 bits per heavy atom. The summed E-state index contributed by atoms with van der Waals surface area (Å²) in [5, 5.41) is 12.6. The Hall–Kier alpha value is -2.20. The zero-order valence-corrected chi connectivity index (χ0v) is 11.4. The molecule has 2 aromatic rings. The summed E-state index contributed by atoms with van der Waals surface area (Å²) in [4.78, 5) is 10.7. The van der Waals surface area contributed by atoms with Gasteiger partial charge in [0.05, 0.1) is 16.3 Å². The lowest BCUT2D eigenvalue weighted by atomic mass is 10.2. The lowest BCUT2D eigenvalue weighted by Gasteiger charge is -2.09. The average molecular weight is 292 g/mol. The molecule has 0 bridgehead atoms. The van der Waals surface area contributed by atoms with E-state index in [9.17, 15) is 4.79 Å². The molecule has 0 fully saturated rings. The van der Waals surface area contributed by atoms with Crippen molar-refractivity contribution < 1.29 is 14.6 Å². The number of carboxylic acids is 1. The number of benzene rings is 2. The van der Waals surface area contributed by atoms with Gasteiger partial charge in [0.2, 0.25) is 0 Å². The van der Waals surface area contributed by atoms with Gasteiger partial charge >= 0.3 is 5.97 Å². The number of hydrogen-bond acceptors (Lipinski definition) is 3. The maximum Gasteiger partial charge on any atom is 0.335 e. The Bertz CT molecular complexity index is 584. The molecule has 0 atom stereocenters. The zero-order chi connectivity index (χ0) is 14.4. The Balaban J connectivity index is 1.79. The van der Waals surface area contributed by atoms with Gasteiger partial charge in [-0.25, -0.2) is 4.79 Å². The highest BCUT2D eigenvalue weighted by molar-refractivity contribution is 6.33. The SMILES string of the molecule is O=C(O)c1ccc(OCCNc2ccccc2Cl)cc1. The predicted molar refractivity (Wildman–Crippen MR) is 78.8 cm³/mol. The van der Waals surface area contributed by atoms with Gasteiger partial charge in [-0.2, -0.15) is 0 Å². The molecule has 0 heterocycles. The molecular formula is C15H14ClNO3. The lowest BCUT2D eigenvalue weighted by molar-refractivity contribution is 0.0697. The second-order valence-electron chi connectivity index (χ2n) is 4.08. The van der Waals surface area contributed by atoms with E-state index in [4.69, 9.17) is 21.4 Å². The second-order valence-corrected chi connectivity index (χ2v) is 4.49. The molecule has 4 nitrogen and oxygen atoms in total. The molecule has 0 unspecified atom stereocenters. The summed E-state index contributed by atoms with van der Waals surface area (Å²) in [6.07, 6.45) is 0. The largest absolute Gasteiger partial charge is 0.492 e. The van der Waals surface area contributed by atoms with Gasteiger partial charge in [-0.1, -0.05) is 23.7 Å². The zero-order valence-electron chi connectivity index (χ0n) is 10.7. The Labute approximate surface area is 122 Å². The van der Waals surface area contributed by atoms with Crippen LogP contribution in [0.4, 0.5) is 5.69 Å². The van der Waals surface area contributed by atoms with Crippen LogP contribution in [0.3, 0.4) is 0 Å². The number of hydrogen-bond donors (Lipinski definition) is 2. The Morgan fingerprint density at radius 1 is 1.15 bits per heavy atom. The molecule has 5 heteroatoms. The van der Waals surface area contributed by atoms with E-state index in [1.54, 1.807) is 12.1 Å². The maximum absolute atomic E-state index is 10.7. The number of rotatable bonds is 6. The Morgan fingerprint density at radius 2 is 1.85 bits per heavy atom. The van der Waals surface area contributed by atoms with Gasteiger partial charge < -0.3 is 15.2 Å². The molecule has 2 rings (SSSR count). The van der Waals surface area contributed by atoms with Crippen molar-refractivity contribution in [2.24, 2.45) is 0 Å². The van der Waals surface area contributed by atoms with Crippen LogP contribution in [0, 0.1) is 0 Å². The normalized spacial score (nSPS) is 10.1. The van der Waals surface area contributed by atoms with Gasteiger partial charge in [0.1, 0.15) is 12.4 Å². The van der Waals surface area contributed by atoms with Crippen LogP contribution in [0.25, 0.3) is 0 Å². The summed E-state index contributed by atoms with van der Waals surface area (Å²) in [6.45, 7) is 1.06. The van der Waals surface area contributed by atoms with Crippen LogP contribution < -0.4 is 10.1 Å². The van der Waals surface area contributed by atoms with Crippen molar-refractivity contribution in [3.8, 4) is 5.75 Å². The van der Waals surface area contributed by atoms with Crippen LogP contribution in [-0.4, -0.2) is 24.2 Å². The summed E-state index contributed by atoms with van der Waals surface area (Å²) >= 11 is 6.01. The fraction of sp³-hybridized carbons (Fsp3) is 0.133. The standard InChI is InChI=1S/C15H14ClNO3/c16-13-3-1-2-4-14(13)17-9-10-20-12-7-5-11(6-8-12)15(18)19/h1-8,17H,9-10H2,(H,18,19). The van der Waals surface area contributed by atoms with Crippen LogP contribution in [0.2, 0.25) is 5.02 Å². The number of nitrogens with one attached hydrogen (secondary N) is 1. The van der Waals surface area contributed by atoms with Crippen molar-refractivity contribution in [3.05, 3.63) is 59.1 Å². The number of ether oxygens (including phenoxy) is 1. The highest BCUT2D eigenvalue weighted by Gasteiger charge is 2.02. The fourth-order valence-corrected chi connectivity index (χ4v) is 1.86. The summed E-state index contributed by atoms with van der Waals surface area (Å²) in [7, 11) is 0. The summed E-state index contributed by atoms with van der Waals surface area (Å²) < 4.78 is 5.50. The van der Waals surface area contributed by atoms with Crippen LogP contribution in [0.1, 0.15) is 10.4 Å². The molecule has 0 spiro atoms. The number of carboxylic acid groups (broad SMARTS) is 1. The van der Waals surface area contributed by atoms with E-state index >= 15 is 0 Å². The lowest BCUT2D eigenvalue weighted by Crippen LogP contribution is -2.11. The molecule has 2 N–H and O–H groups in total. The molecule has 20 heavy (non-hydrogen) atoms. The van der Waals surface area contributed by atoms with Gasteiger partial charge in [0.25, 0.3) is 0 Å². The first-order valence-electron chi connectivity index (χ1n) is 6.11. The van der Waals surface area contributed by atoms with E-state index in [2.05, 4.69) is 5.32 Å². The molecular weight excluding hydrogens is 278 g/mol. The fourth-order valence-electron chi connectivity index (χ4n) is 1.65. The third kappa shape index (κ3) is 3.90. The predicted octanol–water partition coefficient (Wildman–Crippen LogP) is 3.53. The van der Waals surface area contributed by atoms with Gasteiger partial charge in [-0.05, 0) is 36.4 Å². The molecule has 0 amide bonds. The number of anilines is 1. The van der Waals surface area contributed by atoms with Crippen molar-refractivity contribution in [2.45, 2.75) is 0 Å². The first kappa shape index (κ1) is 14.2. The second kappa shape index (κ2) is 6.82. The first-order chi connectivity index (χ1) is 9.66. The molecule has 0 aliphatic heterocycles. The topological polar surface area (TPSA) is 58.6 Å². The number of aromatic carboxylic acids is 1. The minimum atomic E-state index is -0.947. The third-order valence-corrected chi connectivity index (χ3v) is 2.99. The van der Waals surface area contributed by atoms with Crippen molar-refractivity contribution in [1.82, 2.24) is 0 Å². The van der Waals surface area contributed by atoms with Gasteiger partial charge in [0, 0.05) is 6.54 Å². The van der Waals surface area contributed by atoms with Gasteiger partial charge in [0.15, 0.2) is 0 Å². The summed E-state index contributed by atoms with van der Waals surface area (Å²) in [5.41, 5.74) is 1.10. The summed E-state index contributed by atoms with van der Waals surface area (Å²) in [5.74, 6) is -0.312. The number of halogens is 1. The molecule has 0 aliphatic rings.